The van der Waals surface area contributed by atoms with Gasteiger partial charge in [0.1, 0.15) is 22.9 Å². The number of carbonyl (C=O) groups excluding carboxylic acids is 2. The number of aromatic amines is 2. The van der Waals surface area contributed by atoms with Crippen LogP contribution in [-0.2, 0) is 9.47 Å². The van der Waals surface area contributed by atoms with Gasteiger partial charge in [0.15, 0.2) is 0 Å². The topological polar surface area (TPSA) is 116 Å². The van der Waals surface area contributed by atoms with Crippen LogP contribution in [0.1, 0.15) is 105 Å². The van der Waals surface area contributed by atoms with Gasteiger partial charge < -0.3 is 19.4 Å². The van der Waals surface area contributed by atoms with E-state index < -0.39 is 11.2 Å². The molecule has 2 aliphatic rings. The van der Waals surface area contributed by atoms with E-state index in [4.69, 9.17) is 9.47 Å². The number of aromatic nitrogens is 4. The van der Waals surface area contributed by atoms with Crippen molar-refractivity contribution in [2.45, 2.75) is 116 Å². The number of rotatable bonds is 5. The van der Waals surface area contributed by atoms with Gasteiger partial charge in [0.05, 0.1) is 35.9 Å². The highest BCUT2D eigenvalue weighted by Gasteiger charge is 2.40. The molecular formula is C38H48N6O4. The average Bonchev–Trinajstić information content (AvgIpc) is 3.82. The minimum Gasteiger partial charge on any atom is -0.444 e. The first-order chi connectivity index (χ1) is 22.7. The lowest BCUT2D eigenvalue weighted by Crippen LogP contribution is -2.40. The van der Waals surface area contributed by atoms with E-state index in [1.54, 1.807) is 0 Å². The minimum absolute atomic E-state index is 0.0880. The molecule has 4 aromatic rings. The Labute approximate surface area is 283 Å². The van der Waals surface area contributed by atoms with Crippen molar-refractivity contribution in [3.63, 3.8) is 0 Å². The van der Waals surface area contributed by atoms with E-state index in [0.29, 0.717) is 0 Å². The zero-order valence-corrected chi connectivity index (χ0v) is 29.3. The van der Waals surface area contributed by atoms with Crippen molar-refractivity contribution in [3.8, 4) is 33.6 Å². The molecule has 10 nitrogen and oxygen atoms in total. The number of H-pyrrole nitrogens is 2. The molecule has 2 aromatic carbocycles. The van der Waals surface area contributed by atoms with Crippen LogP contribution in [0.15, 0.2) is 60.9 Å². The summed E-state index contributed by atoms with van der Waals surface area (Å²) in [5.74, 6) is 1.56. The second-order valence-electron chi connectivity index (χ2n) is 15.2. The zero-order chi connectivity index (χ0) is 34.4. The summed E-state index contributed by atoms with van der Waals surface area (Å²) >= 11 is 0. The highest BCUT2D eigenvalue weighted by Crippen LogP contribution is 2.38. The van der Waals surface area contributed by atoms with Gasteiger partial charge in [-0.2, -0.15) is 0 Å². The Morgan fingerprint density at radius 3 is 1.27 bits per heavy atom. The molecule has 10 heteroatoms. The Kier molecular flexibility index (Phi) is 8.87. The van der Waals surface area contributed by atoms with Crippen molar-refractivity contribution in [1.29, 1.82) is 0 Å². The quantitative estimate of drug-likeness (QED) is 0.222. The molecule has 4 atom stereocenters. The van der Waals surface area contributed by atoms with Crippen molar-refractivity contribution in [2.24, 2.45) is 0 Å². The first-order valence-electron chi connectivity index (χ1n) is 17.0. The number of imidazole rings is 2. The van der Waals surface area contributed by atoms with Crippen LogP contribution < -0.4 is 0 Å². The molecule has 0 radical (unpaired) electrons. The molecule has 2 fully saturated rings. The molecule has 2 N–H and O–H groups in total. The van der Waals surface area contributed by atoms with Crippen LogP contribution >= 0.6 is 0 Å². The number of hydrogen-bond donors (Lipinski definition) is 2. The van der Waals surface area contributed by atoms with Gasteiger partial charge in [0.25, 0.3) is 0 Å². The van der Waals surface area contributed by atoms with Crippen LogP contribution in [0.5, 0.6) is 0 Å². The number of ether oxygens (including phenoxy) is 2. The van der Waals surface area contributed by atoms with E-state index in [2.05, 4.69) is 82.3 Å². The molecule has 2 aromatic heterocycles. The van der Waals surface area contributed by atoms with Crippen molar-refractivity contribution < 1.29 is 19.1 Å². The van der Waals surface area contributed by atoms with Gasteiger partial charge in [-0.15, -0.1) is 0 Å². The highest BCUT2D eigenvalue weighted by molar-refractivity contribution is 5.72. The van der Waals surface area contributed by atoms with E-state index >= 15 is 0 Å². The number of benzene rings is 2. The molecule has 6 rings (SSSR count). The van der Waals surface area contributed by atoms with Crippen LogP contribution in [0.4, 0.5) is 9.59 Å². The summed E-state index contributed by atoms with van der Waals surface area (Å²) in [4.78, 5) is 45.9. The van der Waals surface area contributed by atoms with E-state index in [9.17, 15) is 9.59 Å². The molecular weight excluding hydrogens is 604 g/mol. The number of hydrogen-bond acceptors (Lipinski definition) is 6. The fourth-order valence-corrected chi connectivity index (χ4v) is 6.74. The van der Waals surface area contributed by atoms with Gasteiger partial charge in [-0.1, -0.05) is 48.5 Å². The van der Waals surface area contributed by atoms with Gasteiger partial charge in [-0.05, 0) is 103 Å². The van der Waals surface area contributed by atoms with Crippen LogP contribution in [0.2, 0.25) is 0 Å². The molecule has 0 aliphatic carbocycles. The maximum absolute atomic E-state index is 13.0. The standard InChI is InChI=1S/C38H48N6O4/c1-23-9-19-31(43(23)35(45)47-37(3,4)5)33-39-21-29(41-33)27-15-11-25(12-16-27)26-13-17-28(18-14-26)30-22-40-34(42-30)32-20-10-24(2)44(32)36(46)48-38(6,7)8/h11-18,21-24,31-32H,9-10,19-20H2,1-8H3,(H,39,41)(H,40,42). The van der Waals surface area contributed by atoms with E-state index in [1.165, 1.54) is 0 Å². The van der Waals surface area contributed by atoms with Crippen LogP contribution in [0, 0.1) is 0 Å². The molecule has 0 bridgehead atoms. The SMILES string of the molecule is CC1CCC(c2ncc(-c3ccc(-c4ccc(-c5cnc(C6CCC(C)N6C(=O)OC(C)(C)C)[nH]5)cc4)cc3)[nH]2)N1C(=O)OC(C)(C)C. The Morgan fingerprint density at radius 2 is 0.938 bits per heavy atom. The van der Waals surface area contributed by atoms with Crippen LogP contribution in [0.3, 0.4) is 0 Å². The third kappa shape index (κ3) is 7.12. The molecule has 2 saturated heterocycles. The van der Waals surface area contributed by atoms with Gasteiger partial charge >= 0.3 is 12.2 Å². The van der Waals surface area contributed by atoms with Crippen LogP contribution in [-0.4, -0.2) is 65.2 Å². The summed E-state index contributed by atoms with van der Waals surface area (Å²) in [5.41, 5.74) is 4.97. The summed E-state index contributed by atoms with van der Waals surface area (Å²) in [5, 5.41) is 0. The molecule has 4 unspecified atom stereocenters. The Balaban J connectivity index is 1.12. The first-order valence-corrected chi connectivity index (χ1v) is 17.0. The van der Waals surface area contributed by atoms with Crippen LogP contribution in [0.25, 0.3) is 33.6 Å². The Morgan fingerprint density at radius 1 is 0.604 bits per heavy atom. The van der Waals surface area contributed by atoms with Crippen molar-refractivity contribution in [2.75, 3.05) is 0 Å². The lowest BCUT2D eigenvalue weighted by atomic mass is 10.0. The van der Waals surface area contributed by atoms with Crippen molar-refractivity contribution in [3.05, 3.63) is 72.6 Å². The van der Waals surface area contributed by atoms with Gasteiger partial charge in [-0.25, -0.2) is 19.6 Å². The molecule has 2 aliphatic heterocycles. The lowest BCUT2D eigenvalue weighted by molar-refractivity contribution is 0.0141. The van der Waals surface area contributed by atoms with E-state index in [-0.39, 0.29) is 36.4 Å². The summed E-state index contributed by atoms with van der Waals surface area (Å²) < 4.78 is 11.4. The predicted octanol–water partition coefficient (Wildman–Crippen LogP) is 9.05. The summed E-state index contributed by atoms with van der Waals surface area (Å²) in [6, 6.07) is 16.7. The monoisotopic (exact) mass is 652 g/mol. The number of likely N-dealkylation sites (tertiary alicyclic amines) is 2. The number of carbonyl (C=O) groups is 2. The maximum Gasteiger partial charge on any atom is 0.411 e. The largest absolute Gasteiger partial charge is 0.444 e. The fourth-order valence-electron chi connectivity index (χ4n) is 6.74. The second kappa shape index (κ2) is 12.8. The molecule has 48 heavy (non-hydrogen) atoms. The molecule has 4 heterocycles. The molecule has 0 spiro atoms. The molecule has 0 saturated carbocycles. The van der Waals surface area contributed by atoms with Gasteiger partial charge in [0.2, 0.25) is 0 Å². The number of nitrogens with one attached hydrogen (secondary N) is 2. The average molecular weight is 653 g/mol. The fraction of sp³-hybridized carbons (Fsp3) is 0.474. The molecule has 254 valence electrons. The molecule has 2 amide bonds. The first kappa shape index (κ1) is 33.3. The van der Waals surface area contributed by atoms with E-state index in [0.717, 1.165) is 71.0 Å². The van der Waals surface area contributed by atoms with Crippen molar-refractivity contribution >= 4 is 12.2 Å². The third-order valence-corrected chi connectivity index (χ3v) is 9.09. The summed E-state index contributed by atoms with van der Waals surface area (Å²) in [6.45, 7) is 15.4. The van der Waals surface area contributed by atoms with E-state index in [1.807, 2.05) is 63.7 Å². The third-order valence-electron chi connectivity index (χ3n) is 9.09. The minimum atomic E-state index is -0.552. The number of nitrogens with zero attached hydrogens (tertiary/aromatic N) is 4. The Bertz CT molecular complexity index is 1620. The smallest absolute Gasteiger partial charge is 0.411 e. The zero-order valence-electron chi connectivity index (χ0n) is 29.3. The number of amides is 2. The maximum atomic E-state index is 13.0. The predicted molar refractivity (Wildman–Crippen MR) is 186 cm³/mol. The second-order valence-corrected chi connectivity index (χ2v) is 15.2. The summed E-state index contributed by atoms with van der Waals surface area (Å²) in [6.07, 6.45) is 6.57. The van der Waals surface area contributed by atoms with Crippen molar-refractivity contribution in [1.82, 2.24) is 29.7 Å². The highest BCUT2D eigenvalue weighted by atomic mass is 16.6. The Hall–Kier alpha value is -4.60. The summed E-state index contributed by atoms with van der Waals surface area (Å²) in [7, 11) is 0. The van der Waals surface area contributed by atoms with Gasteiger partial charge in [-0.3, -0.25) is 9.80 Å². The normalized spacial score (nSPS) is 21.5. The lowest BCUT2D eigenvalue weighted by Gasteiger charge is -2.30. The van der Waals surface area contributed by atoms with Gasteiger partial charge in [0, 0.05) is 12.1 Å².